The predicted molar refractivity (Wildman–Crippen MR) is 93.3 cm³/mol. The molecule has 0 aliphatic carbocycles. The van der Waals surface area contributed by atoms with Gasteiger partial charge in [-0.15, -0.1) is 0 Å². The molecule has 1 nitrogen and oxygen atoms in total. The standard InChI is InChI=1S/C18H20FIO/c1-9-10(2)12(4)17(13(5)11(9)3)18(21)15-7-6-14(19)8-16(15)20/h6-8,18,21H,1-5H3. The fraction of sp³-hybridized carbons (Fsp3) is 0.333. The number of aliphatic hydroxyl groups excluding tert-OH is 1. The van der Waals surface area contributed by atoms with Crippen LogP contribution in [0.4, 0.5) is 4.39 Å². The van der Waals surface area contributed by atoms with Crippen molar-refractivity contribution in [3.8, 4) is 0 Å². The molecule has 0 aromatic heterocycles. The summed E-state index contributed by atoms with van der Waals surface area (Å²) < 4.78 is 14.0. The minimum absolute atomic E-state index is 0.278. The second-order valence-corrected chi connectivity index (χ2v) is 6.77. The highest BCUT2D eigenvalue weighted by Crippen LogP contribution is 2.35. The molecule has 2 rings (SSSR count). The number of rotatable bonds is 2. The van der Waals surface area contributed by atoms with E-state index in [1.807, 2.05) is 13.8 Å². The Labute approximate surface area is 139 Å². The first kappa shape index (κ1) is 16.4. The van der Waals surface area contributed by atoms with E-state index < -0.39 is 6.10 Å². The average Bonchev–Trinajstić information content (AvgIpc) is 2.43. The Balaban J connectivity index is 2.66. The van der Waals surface area contributed by atoms with Crippen LogP contribution in [0.1, 0.15) is 45.0 Å². The van der Waals surface area contributed by atoms with E-state index in [0.29, 0.717) is 0 Å². The molecule has 0 bridgehead atoms. The van der Waals surface area contributed by atoms with Gasteiger partial charge in [0.05, 0.1) is 0 Å². The summed E-state index contributed by atoms with van der Waals surface area (Å²) in [5.41, 5.74) is 7.63. The fourth-order valence-corrected chi connectivity index (χ4v) is 3.59. The maximum absolute atomic E-state index is 13.3. The maximum Gasteiger partial charge on any atom is 0.124 e. The van der Waals surface area contributed by atoms with E-state index in [9.17, 15) is 9.50 Å². The second kappa shape index (κ2) is 6.05. The summed E-state index contributed by atoms with van der Waals surface area (Å²) in [4.78, 5) is 0. The van der Waals surface area contributed by atoms with E-state index in [1.54, 1.807) is 6.07 Å². The molecule has 1 N–H and O–H groups in total. The first-order chi connectivity index (χ1) is 9.75. The van der Waals surface area contributed by atoms with Crippen molar-refractivity contribution in [2.75, 3.05) is 0 Å². The number of benzene rings is 2. The van der Waals surface area contributed by atoms with Crippen LogP contribution in [0, 0.1) is 44.0 Å². The van der Waals surface area contributed by atoms with E-state index in [-0.39, 0.29) is 5.82 Å². The third-order valence-electron chi connectivity index (χ3n) is 4.59. The van der Waals surface area contributed by atoms with Crippen molar-refractivity contribution in [2.45, 2.75) is 40.7 Å². The minimum Gasteiger partial charge on any atom is -0.384 e. The molecular formula is C18H20FIO. The van der Waals surface area contributed by atoms with Gasteiger partial charge in [0.25, 0.3) is 0 Å². The summed E-state index contributed by atoms with van der Waals surface area (Å²) >= 11 is 2.08. The lowest BCUT2D eigenvalue weighted by Crippen LogP contribution is -2.10. The smallest absolute Gasteiger partial charge is 0.124 e. The maximum atomic E-state index is 13.3. The van der Waals surface area contributed by atoms with Crippen LogP contribution in [0.2, 0.25) is 0 Å². The Morgan fingerprint density at radius 1 is 0.905 bits per heavy atom. The van der Waals surface area contributed by atoms with E-state index in [4.69, 9.17) is 0 Å². The van der Waals surface area contributed by atoms with Gasteiger partial charge < -0.3 is 5.11 Å². The molecule has 3 heteroatoms. The van der Waals surface area contributed by atoms with Crippen molar-refractivity contribution in [3.05, 3.63) is 66.5 Å². The molecule has 2 aromatic carbocycles. The molecule has 0 saturated heterocycles. The third kappa shape index (κ3) is 2.86. The first-order valence-corrected chi connectivity index (χ1v) is 8.03. The largest absolute Gasteiger partial charge is 0.384 e. The molecule has 0 radical (unpaired) electrons. The van der Waals surface area contributed by atoms with Crippen LogP contribution in [0.5, 0.6) is 0 Å². The molecule has 1 atom stereocenters. The summed E-state index contributed by atoms with van der Waals surface area (Å²) in [6, 6.07) is 4.53. The highest BCUT2D eigenvalue weighted by Gasteiger charge is 2.21. The Morgan fingerprint density at radius 3 is 1.86 bits per heavy atom. The van der Waals surface area contributed by atoms with Gasteiger partial charge in [-0.05, 0) is 108 Å². The van der Waals surface area contributed by atoms with Crippen LogP contribution < -0.4 is 0 Å². The number of hydrogen-bond donors (Lipinski definition) is 1. The lowest BCUT2D eigenvalue weighted by molar-refractivity contribution is 0.217. The van der Waals surface area contributed by atoms with Gasteiger partial charge in [-0.1, -0.05) is 6.07 Å². The number of hydrogen-bond acceptors (Lipinski definition) is 1. The molecule has 1 unspecified atom stereocenters. The Bertz CT molecular complexity index is 678. The van der Waals surface area contributed by atoms with Gasteiger partial charge in [0.2, 0.25) is 0 Å². The lowest BCUT2D eigenvalue weighted by atomic mass is 9.85. The molecule has 0 heterocycles. The van der Waals surface area contributed by atoms with E-state index >= 15 is 0 Å². The Morgan fingerprint density at radius 2 is 1.38 bits per heavy atom. The summed E-state index contributed by atoms with van der Waals surface area (Å²) in [6.07, 6.45) is -0.726. The van der Waals surface area contributed by atoms with Crippen molar-refractivity contribution in [2.24, 2.45) is 0 Å². The highest BCUT2D eigenvalue weighted by molar-refractivity contribution is 14.1. The summed E-state index contributed by atoms with van der Waals surface area (Å²) in [5, 5.41) is 10.8. The fourth-order valence-electron chi connectivity index (χ4n) is 2.82. The monoisotopic (exact) mass is 398 g/mol. The molecule has 0 amide bonds. The lowest BCUT2D eigenvalue weighted by Gasteiger charge is -2.23. The normalized spacial score (nSPS) is 12.6. The number of halogens is 2. The minimum atomic E-state index is -0.726. The van der Waals surface area contributed by atoms with Gasteiger partial charge in [-0.2, -0.15) is 0 Å². The van der Waals surface area contributed by atoms with Crippen LogP contribution in [-0.4, -0.2) is 5.11 Å². The van der Waals surface area contributed by atoms with Crippen LogP contribution in [0.15, 0.2) is 18.2 Å². The quantitative estimate of drug-likeness (QED) is 0.702. The molecule has 0 aliphatic rings. The molecule has 0 saturated carbocycles. The van der Waals surface area contributed by atoms with Crippen molar-refractivity contribution in [1.82, 2.24) is 0 Å². The SMILES string of the molecule is Cc1c(C)c(C)c(C(O)c2ccc(F)cc2I)c(C)c1C. The van der Waals surface area contributed by atoms with Crippen LogP contribution in [-0.2, 0) is 0 Å². The Kier molecular flexibility index (Phi) is 4.73. The zero-order valence-electron chi connectivity index (χ0n) is 13.0. The van der Waals surface area contributed by atoms with Gasteiger partial charge in [-0.3, -0.25) is 0 Å². The highest BCUT2D eigenvalue weighted by atomic mass is 127. The van der Waals surface area contributed by atoms with Gasteiger partial charge in [-0.25, -0.2) is 4.39 Å². The van der Waals surface area contributed by atoms with Crippen molar-refractivity contribution in [3.63, 3.8) is 0 Å². The molecule has 0 spiro atoms. The van der Waals surface area contributed by atoms with Crippen LogP contribution in [0.3, 0.4) is 0 Å². The van der Waals surface area contributed by atoms with E-state index in [0.717, 1.165) is 25.8 Å². The molecule has 21 heavy (non-hydrogen) atoms. The summed E-state index contributed by atoms with van der Waals surface area (Å²) in [5.74, 6) is -0.278. The Hall–Kier alpha value is -0.940. The van der Waals surface area contributed by atoms with Gasteiger partial charge >= 0.3 is 0 Å². The second-order valence-electron chi connectivity index (χ2n) is 5.61. The molecule has 0 aliphatic heterocycles. The predicted octanol–water partition coefficient (Wildman–Crippen LogP) is 5.05. The average molecular weight is 398 g/mol. The molecular weight excluding hydrogens is 378 g/mol. The van der Waals surface area contributed by atoms with Crippen molar-refractivity contribution in [1.29, 1.82) is 0 Å². The van der Waals surface area contributed by atoms with Gasteiger partial charge in [0, 0.05) is 3.57 Å². The summed E-state index contributed by atoms with van der Waals surface area (Å²) in [7, 11) is 0. The van der Waals surface area contributed by atoms with Gasteiger partial charge in [0.15, 0.2) is 0 Å². The topological polar surface area (TPSA) is 20.2 Å². The van der Waals surface area contributed by atoms with Crippen LogP contribution >= 0.6 is 22.6 Å². The number of aliphatic hydroxyl groups is 1. The third-order valence-corrected chi connectivity index (χ3v) is 5.52. The molecule has 112 valence electrons. The van der Waals surface area contributed by atoms with Crippen molar-refractivity contribution >= 4 is 22.6 Å². The first-order valence-electron chi connectivity index (χ1n) is 6.95. The molecule has 2 aromatic rings. The zero-order chi connectivity index (χ0) is 15.9. The zero-order valence-corrected chi connectivity index (χ0v) is 15.2. The van der Waals surface area contributed by atoms with Crippen molar-refractivity contribution < 1.29 is 9.50 Å². The van der Waals surface area contributed by atoms with Gasteiger partial charge in [0.1, 0.15) is 11.9 Å². The molecule has 0 fully saturated rings. The van der Waals surface area contributed by atoms with Crippen LogP contribution in [0.25, 0.3) is 0 Å². The van der Waals surface area contributed by atoms with E-state index in [1.165, 1.54) is 28.8 Å². The van der Waals surface area contributed by atoms with E-state index in [2.05, 4.69) is 43.4 Å². The summed E-state index contributed by atoms with van der Waals surface area (Å²) in [6.45, 7) is 10.4.